The molecule has 0 aliphatic carbocycles. The highest BCUT2D eigenvalue weighted by Gasteiger charge is 2.13. The smallest absolute Gasteiger partial charge is 0.339 e. The number of aryl methyl sites for hydroxylation is 1. The van der Waals surface area contributed by atoms with Gasteiger partial charge in [0.25, 0.3) is 0 Å². The Hall–Kier alpha value is -1.76. The van der Waals surface area contributed by atoms with Gasteiger partial charge in [0.15, 0.2) is 11.5 Å². The maximum absolute atomic E-state index is 12.1. The van der Waals surface area contributed by atoms with Crippen molar-refractivity contribution in [3.8, 4) is 11.5 Å². The lowest BCUT2D eigenvalue weighted by molar-refractivity contribution is 0.0470. The van der Waals surface area contributed by atoms with E-state index in [4.69, 9.17) is 14.2 Å². The topological polar surface area (TPSA) is 44.8 Å². The number of methoxy groups -OCH3 is 2. The van der Waals surface area contributed by atoms with Crippen molar-refractivity contribution in [2.24, 2.45) is 0 Å². The Morgan fingerprint density at radius 1 is 1.09 bits per heavy atom. The number of hydrogen-bond acceptors (Lipinski definition) is 4. The Balaban J connectivity index is 2.15. The van der Waals surface area contributed by atoms with Crippen LogP contribution in [0, 0.1) is 10.5 Å². The summed E-state index contributed by atoms with van der Waals surface area (Å²) in [5.74, 6) is 0.945. The SMILES string of the molecule is COc1cc(C)c(COC(=O)c2ccccc2I)cc1OC. The maximum Gasteiger partial charge on any atom is 0.339 e. The molecular formula is C17H17IO4. The third-order valence-electron chi connectivity index (χ3n) is 3.29. The molecule has 0 amide bonds. The van der Waals surface area contributed by atoms with Crippen LogP contribution in [0.25, 0.3) is 0 Å². The van der Waals surface area contributed by atoms with E-state index in [9.17, 15) is 4.79 Å². The lowest BCUT2D eigenvalue weighted by Crippen LogP contribution is -2.08. The summed E-state index contributed by atoms with van der Waals surface area (Å²) in [6, 6.07) is 11.0. The first-order valence-electron chi connectivity index (χ1n) is 6.70. The van der Waals surface area contributed by atoms with Crippen LogP contribution in [-0.2, 0) is 11.3 Å². The molecule has 0 atom stereocenters. The number of rotatable bonds is 5. The summed E-state index contributed by atoms with van der Waals surface area (Å²) in [7, 11) is 3.17. The van der Waals surface area contributed by atoms with E-state index in [2.05, 4.69) is 22.6 Å². The van der Waals surface area contributed by atoms with Crippen LogP contribution in [0.1, 0.15) is 21.5 Å². The molecule has 5 heteroatoms. The van der Waals surface area contributed by atoms with Gasteiger partial charge in [0.05, 0.1) is 19.8 Å². The van der Waals surface area contributed by atoms with Gasteiger partial charge in [-0.15, -0.1) is 0 Å². The maximum atomic E-state index is 12.1. The molecule has 0 unspecified atom stereocenters. The second-order valence-corrected chi connectivity index (χ2v) is 5.85. The summed E-state index contributed by atoms with van der Waals surface area (Å²) in [5.41, 5.74) is 2.44. The molecule has 4 nitrogen and oxygen atoms in total. The van der Waals surface area contributed by atoms with Crippen LogP contribution in [0.4, 0.5) is 0 Å². The Kier molecular flexibility index (Phi) is 5.65. The summed E-state index contributed by atoms with van der Waals surface area (Å²) in [6.45, 7) is 2.13. The summed E-state index contributed by atoms with van der Waals surface area (Å²) >= 11 is 2.12. The molecule has 0 aliphatic heterocycles. The lowest BCUT2D eigenvalue weighted by atomic mass is 10.1. The first-order chi connectivity index (χ1) is 10.6. The van der Waals surface area contributed by atoms with Gasteiger partial charge < -0.3 is 14.2 Å². The average molecular weight is 412 g/mol. The average Bonchev–Trinajstić information content (AvgIpc) is 2.53. The normalized spacial score (nSPS) is 10.2. The Bertz CT molecular complexity index is 682. The zero-order valence-electron chi connectivity index (χ0n) is 12.7. The predicted molar refractivity (Wildman–Crippen MR) is 92.6 cm³/mol. The monoisotopic (exact) mass is 412 g/mol. The molecule has 0 spiro atoms. The summed E-state index contributed by atoms with van der Waals surface area (Å²) < 4.78 is 16.8. The molecule has 22 heavy (non-hydrogen) atoms. The Morgan fingerprint density at radius 2 is 1.73 bits per heavy atom. The van der Waals surface area contributed by atoms with Gasteiger partial charge in [0.2, 0.25) is 0 Å². The van der Waals surface area contributed by atoms with Crippen molar-refractivity contribution < 1.29 is 19.0 Å². The van der Waals surface area contributed by atoms with E-state index in [1.807, 2.05) is 37.3 Å². The van der Waals surface area contributed by atoms with Gasteiger partial charge >= 0.3 is 5.97 Å². The van der Waals surface area contributed by atoms with Crippen molar-refractivity contribution in [3.63, 3.8) is 0 Å². The van der Waals surface area contributed by atoms with Crippen LogP contribution in [0.3, 0.4) is 0 Å². The fraction of sp³-hybridized carbons (Fsp3) is 0.235. The molecule has 0 aromatic heterocycles. The molecule has 2 rings (SSSR count). The van der Waals surface area contributed by atoms with Gasteiger partial charge in [-0.2, -0.15) is 0 Å². The molecule has 0 saturated carbocycles. The van der Waals surface area contributed by atoms with Gasteiger partial charge in [-0.3, -0.25) is 0 Å². The number of esters is 1. The number of hydrogen-bond donors (Lipinski definition) is 0. The van der Waals surface area contributed by atoms with Crippen molar-refractivity contribution in [2.45, 2.75) is 13.5 Å². The van der Waals surface area contributed by atoms with E-state index in [0.717, 1.165) is 14.7 Å². The Labute approximate surface area is 143 Å². The number of carbonyl (C=O) groups is 1. The van der Waals surface area contributed by atoms with Crippen molar-refractivity contribution >= 4 is 28.6 Å². The quantitative estimate of drug-likeness (QED) is 0.551. The molecule has 0 N–H and O–H groups in total. The van der Waals surface area contributed by atoms with E-state index in [-0.39, 0.29) is 12.6 Å². The zero-order valence-corrected chi connectivity index (χ0v) is 14.8. The van der Waals surface area contributed by atoms with Gasteiger partial charge in [-0.25, -0.2) is 4.79 Å². The zero-order chi connectivity index (χ0) is 16.1. The van der Waals surface area contributed by atoms with Crippen LogP contribution in [0.15, 0.2) is 36.4 Å². The molecule has 0 heterocycles. The highest BCUT2D eigenvalue weighted by Crippen LogP contribution is 2.30. The van der Waals surface area contributed by atoms with E-state index in [1.165, 1.54) is 0 Å². The van der Waals surface area contributed by atoms with Crippen LogP contribution in [0.5, 0.6) is 11.5 Å². The third kappa shape index (κ3) is 3.71. The first kappa shape index (κ1) is 16.6. The van der Waals surface area contributed by atoms with Gasteiger partial charge in [0, 0.05) is 3.57 Å². The molecule has 2 aromatic rings. The standard InChI is InChI=1S/C17H17IO4/c1-11-8-15(20-2)16(21-3)9-12(11)10-22-17(19)13-6-4-5-7-14(13)18/h4-9H,10H2,1-3H3. The second-order valence-electron chi connectivity index (χ2n) is 4.69. The van der Waals surface area contributed by atoms with Crippen LogP contribution in [-0.4, -0.2) is 20.2 Å². The second kappa shape index (κ2) is 7.49. The van der Waals surface area contributed by atoms with Crippen LogP contribution >= 0.6 is 22.6 Å². The van der Waals surface area contributed by atoms with Gasteiger partial charge in [0.1, 0.15) is 6.61 Å². The van der Waals surface area contributed by atoms with Crippen molar-refractivity contribution in [1.82, 2.24) is 0 Å². The fourth-order valence-corrected chi connectivity index (χ4v) is 2.63. The third-order valence-corrected chi connectivity index (χ3v) is 4.24. The van der Waals surface area contributed by atoms with Gasteiger partial charge in [-0.1, -0.05) is 12.1 Å². The molecular weight excluding hydrogens is 395 g/mol. The number of ether oxygens (including phenoxy) is 3. The summed E-state index contributed by atoms with van der Waals surface area (Å²) in [4.78, 5) is 12.1. The summed E-state index contributed by atoms with van der Waals surface area (Å²) in [5, 5.41) is 0. The highest BCUT2D eigenvalue weighted by molar-refractivity contribution is 14.1. The number of carbonyl (C=O) groups excluding carboxylic acids is 1. The highest BCUT2D eigenvalue weighted by atomic mass is 127. The molecule has 0 bridgehead atoms. The van der Waals surface area contributed by atoms with Crippen molar-refractivity contribution in [3.05, 3.63) is 56.7 Å². The molecule has 116 valence electrons. The summed E-state index contributed by atoms with van der Waals surface area (Å²) in [6.07, 6.45) is 0. The first-order valence-corrected chi connectivity index (χ1v) is 7.78. The van der Waals surface area contributed by atoms with E-state index in [0.29, 0.717) is 17.1 Å². The van der Waals surface area contributed by atoms with Gasteiger partial charge in [-0.05, 0) is 64.9 Å². The van der Waals surface area contributed by atoms with Crippen LogP contribution in [0.2, 0.25) is 0 Å². The van der Waals surface area contributed by atoms with E-state index in [1.54, 1.807) is 20.3 Å². The van der Waals surface area contributed by atoms with E-state index < -0.39 is 0 Å². The largest absolute Gasteiger partial charge is 0.493 e. The van der Waals surface area contributed by atoms with E-state index >= 15 is 0 Å². The minimum absolute atomic E-state index is 0.190. The van der Waals surface area contributed by atoms with Crippen LogP contribution < -0.4 is 9.47 Å². The minimum Gasteiger partial charge on any atom is -0.493 e. The Morgan fingerprint density at radius 3 is 2.36 bits per heavy atom. The molecule has 2 aromatic carbocycles. The number of halogens is 1. The lowest BCUT2D eigenvalue weighted by Gasteiger charge is -2.13. The minimum atomic E-state index is -0.334. The predicted octanol–water partition coefficient (Wildman–Crippen LogP) is 3.97. The number of benzene rings is 2. The fourth-order valence-electron chi connectivity index (χ4n) is 2.03. The van der Waals surface area contributed by atoms with Crippen molar-refractivity contribution in [2.75, 3.05) is 14.2 Å². The molecule has 0 saturated heterocycles. The molecule has 0 radical (unpaired) electrons. The molecule has 0 aliphatic rings. The van der Waals surface area contributed by atoms with Crippen molar-refractivity contribution in [1.29, 1.82) is 0 Å². The molecule has 0 fully saturated rings.